The highest BCUT2D eigenvalue weighted by Crippen LogP contribution is 2.12. The van der Waals surface area contributed by atoms with Gasteiger partial charge in [0.2, 0.25) is 0 Å². The molecule has 0 aliphatic rings. The summed E-state index contributed by atoms with van der Waals surface area (Å²) in [5, 5.41) is 4.37. The van der Waals surface area contributed by atoms with Gasteiger partial charge in [0.25, 0.3) is 11.1 Å². The highest BCUT2D eigenvalue weighted by Gasteiger charge is 2.05. The molecule has 2 aromatic rings. The fraction of sp³-hybridized carbons (Fsp3) is 0. The van der Waals surface area contributed by atoms with E-state index in [4.69, 9.17) is 4.42 Å². The predicted molar refractivity (Wildman–Crippen MR) is 45.4 cm³/mol. The van der Waals surface area contributed by atoms with E-state index in [1.54, 1.807) is 12.1 Å². The molecule has 5 nitrogen and oxygen atoms in total. The minimum absolute atomic E-state index is 0.230. The number of hydrogen-bond donors (Lipinski definition) is 2. The molecule has 0 aromatic carbocycles. The van der Waals surface area contributed by atoms with Crippen LogP contribution in [-0.2, 0) is 0 Å². The van der Waals surface area contributed by atoms with Gasteiger partial charge in [0, 0.05) is 6.07 Å². The van der Waals surface area contributed by atoms with Gasteiger partial charge < -0.3 is 4.42 Å². The molecule has 0 aliphatic heterocycles. The number of H-pyrrole nitrogens is 2. The van der Waals surface area contributed by atoms with E-state index in [0.29, 0.717) is 5.76 Å². The zero-order valence-electron chi connectivity index (χ0n) is 6.53. The average molecular weight is 178 g/mol. The summed E-state index contributed by atoms with van der Waals surface area (Å²) in [5.74, 6) is 0.382. The molecular formula is C8H6N2O3. The number of furan rings is 1. The van der Waals surface area contributed by atoms with Crippen molar-refractivity contribution >= 4 is 0 Å². The second-order valence-electron chi connectivity index (χ2n) is 2.48. The van der Waals surface area contributed by atoms with Crippen LogP contribution in [0.15, 0.2) is 38.5 Å². The normalized spacial score (nSPS) is 10.2. The Bertz CT molecular complexity index is 507. The zero-order valence-corrected chi connectivity index (χ0v) is 6.53. The second kappa shape index (κ2) is 2.78. The molecule has 0 unspecified atom stereocenters. The van der Waals surface area contributed by atoms with Gasteiger partial charge in [0.1, 0.15) is 5.76 Å². The molecule has 66 valence electrons. The first-order chi connectivity index (χ1) is 6.27. The third-order valence-electron chi connectivity index (χ3n) is 1.61. The minimum Gasteiger partial charge on any atom is -0.464 e. The lowest BCUT2D eigenvalue weighted by Gasteiger charge is -1.92. The van der Waals surface area contributed by atoms with Gasteiger partial charge in [-0.15, -0.1) is 0 Å². The van der Waals surface area contributed by atoms with Crippen molar-refractivity contribution in [2.75, 3.05) is 0 Å². The Hall–Kier alpha value is -2.04. The third kappa shape index (κ3) is 1.31. The molecule has 2 N–H and O–H groups in total. The first kappa shape index (κ1) is 7.60. The van der Waals surface area contributed by atoms with Crippen LogP contribution in [0.2, 0.25) is 0 Å². The van der Waals surface area contributed by atoms with Crippen molar-refractivity contribution in [2.24, 2.45) is 0 Å². The van der Waals surface area contributed by atoms with Crippen LogP contribution in [0.5, 0.6) is 0 Å². The van der Waals surface area contributed by atoms with Crippen LogP contribution in [0.4, 0.5) is 0 Å². The summed E-state index contributed by atoms with van der Waals surface area (Å²) in [4.78, 5) is 22.1. The van der Waals surface area contributed by atoms with Crippen LogP contribution >= 0.6 is 0 Å². The maximum absolute atomic E-state index is 11.2. The van der Waals surface area contributed by atoms with Gasteiger partial charge in [-0.05, 0) is 12.1 Å². The van der Waals surface area contributed by atoms with Crippen LogP contribution in [0.1, 0.15) is 0 Å². The summed E-state index contributed by atoms with van der Waals surface area (Å²) in [6, 6.07) is 4.46. The third-order valence-corrected chi connectivity index (χ3v) is 1.61. The fourth-order valence-electron chi connectivity index (χ4n) is 1.03. The molecule has 0 amide bonds. The largest absolute Gasteiger partial charge is 0.464 e. The molecular weight excluding hydrogens is 172 g/mol. The lowest BCUT2D eigenvalue weighted by Crippen LogP contribution is -2.18. The van der Waals surface area contributed by atoms with Crippen LogP contribution in [0.25, 0.3) is 11.3 Å². The smallest absolute Gasteiger partial charge is 0.273 e. The molecule has 2 heterocycles. The minimum atomic E-state index is -0.380. The summed E-state index contributed by atoms with van der Waals surface area (Å²) in [6.07, 6.45) is 1.44. The molecule has 0 saturated heterocycles. The monoisotopic (exact) mass is 178 g/mol. The molecule has 0 atom stereocenters. The molecule has 0 bridgehead atoms. The topological polar surface area (TPSA) is 78.9 Å². The Morgan fingerprint density at radius 2 is 2.08 bits per heavy atom. The Morgan fingerprint density at radius 3 is 2.77 bits per heavy atom. The number of rotatable bonds is 1. The van der Waals surface area contributed by atoms with E-state index < -0.39 is 0 Å². The average Bonchev–Trinajstić information content (AvgIpc) is 2.61. The SMILES string of the molecule is O=c1cc(-c2ccco2)c(=O)[nH][nH]1. The Morgan fingerprint density at radius 1 is 1.23 bits per heavy atom. The maximum Gasteiger partial charge on any atom is 0.273 e. The van der Waals surface area contributed by atoms with E-state index in [-0.39, 0.29) is 16.7 Å². The maximum atomic E-state index is 11.2. The molecule has 5 heteroatoms. The van der Waals surface area contributed by atoms with Crippen molar-refractivity contribution in [3.05, 3.63) is 45.2 Å². The predicted octanol–water partition coefficient (Wildman–Crippen LogP) is 0.323. The van der Waals surface area contributed by atoms with Crippen molar-refractivity contribution in [1.29, 1.82) is 0 Å². The van der Waals surface area contributed by atoms with E-state index in [2.05, 4.69) is 10.2 Å². The van der Waals surface area contributed by atoms with Crippen molar-refractivity contribution < 1.29 is 4.42 Å². The Kier molecular flexibility index (Phi) is 1.63. The van der Waals surface area contributed by atoms with Crippen LogP contribution in [0.3, 0.4) is 0 Å². The lowest BCUT2D eigenvalue weighted by molar-refractivity contribution is 0.581. The summed E-state index contributed by atoms with van der Waals surface area (Å²) in [6.45, 7) is 0. The quantitative estimate of drug-likeness (QED) is 0.660. The second-order valence-corrected chi connectivity index (χ2v) is 2.48. The highest BCUT2D eigenvalue weighted by molar-refractivity contribution is 5.54. The van der Waals surface area contributed by atoms with Crippen LogP contribution in [0, 0.1) is 0 Å². The summed E-state index contributed by atoms with van der Waals surface area (Å²) >= 11 is 0. The van der Waals surface area contributed by atoms with Gasteiger partial charge in [-0.3, -0.25) is 19.8 Å². The first-order valence-electron chi connectivity index (χ1n) is 3.63. The van der Waals surface area contributed by atoms with Gasteiger partial charge in [-0.2, -0.15) is 0 Å². The van der Waals surface area contributed by atoms with Gasteiger partial charge in [0.15, 0.2) is 0 Å². The highest BCUT2D eigenvalue weighted by atomic mass is 16.3. The van der Waals surface area contributed by atoms with Gasteiger partial charge >= 0.3 is 0 Å². The fourth-order valence-corrected chi connectivity index (χ4v) is 1.03. The molecule has 0 radical (unpaired) electrons. The molecule has 0 spiro atoms. The van der Waals surface area contributed by atoms with E-state index in [1.807, 2.05) is 0 Å². The summed E-state index contributed by atoms with van der Waals surface area (Å²) in [7, 11) is 0. The number of hydrogen-bond acceptors (Lipinski definition) is 3. The number of aromatic amines is 2. The van der Waals surface area contributed by atoms with Gasteiger partial charge in [0.05, 0.1) is 11.8 Å². The van der Waals surface area contributed by atoms with E-state index in [0.717, 1.165) is 0 Å². The lowest BCUT2D eigenvalue weighted by atomic mass is 10.2. The molecule has 13 heavy (non-hydrogen) atoms. The molecule has 2 aromatic heterocycles. The first-order valence-corrected chi connectivity index (χ1v) is 3.63. The van der Waals surface area contributed by atoms with Gasteiger partial charge in [-0.25, -0.2) is 0 Å². The zero-order chi connectivity index (χ0) is 9.26. The van der Waals surface area contributed by atoms with Crippen LogP contribution < -0.4 is 11.1 Å². The molecule has 0 aliphatic carbocycles. The number of aromatic nitrogens is 2. The standard InChI is InChI=1S/C8H6N2O3/c11-7-4-5(8(12)10-9-7)6-2-1-3-13-6/h1-4H,(H,9,11)(H,10,12). The van der Waals surface area contributed by atoms with Crippen molar-refractivity contribution in [2.45, 2.75) is 0 Å². The van der Waals surface area contributed by atoms with Crippen molar-refractivity contribution in [3.63, 3.8) is 0 Å². The van der Waals surface area contributed by atoms with Gasteiger partial charge in [-0.1, -0.05) is 0 Å². The van der Waals surface area contributed by atoms with E-state index in [9.17, 15) is 9.59 Å². The Labute approximate surface area is 72.0 Å². The summed E-state index contributed by atoms with van der Waals surface area (Å²) < 4.78 is 4.98. The van der Waals surface area contributed by atoms with E-state index >= 15 is 0 Å². The van der Waals surface area contributed by atoms with Crippen LogP contribution in [-0.4, -0.2) is 10.2 Å². The Balaban J connectivity index is 2.71. The van der Waals surface area contributed by atoms with Crippen molar-refractivity contribution in [3.8, 4) is 11.3 Å². The summed E-state index contributed by atoms with van der Waals surface area (Å²) in [5.41, 5.74) is -0.519. The van der Waals surface area contributed by atoms with Crippen molar-refractivity contribution in [1.82, 2.24) is 10.2 Å². The molecule has 0 fully saturated rings. The molecule has 2 rings (SSSR count). The van der Waals surface area contributed by atoms with E-state index in [1.165, 1.54) is 12.3 Å². The molecule has 0 saturated carbocycles. The number of nitrogens with one attached hydrogen (secondary N) is 2.